The van der Waals surface area contributed by atoms with Gasteiger partial charge in [0.2, 0.25) is 5.91 Å². The first-order chi connectivity index (χ1) is 8.58. The predicted octanol–water partition coefficient (Wildman–Crippen LogP) is 2.84. The van der Waals surface area contributed by atoms with E-state index in [1.165, 1.54) is 38.5 Å². The molecule has 0 radical (unpaired) electrons. The van der Waals surface area contributed by atoms with Crippen molar-refractivity contribution < 1.29 is 4.79 Å². The standard InChI is InChI=1S/C15H30N2O/c1-12(2)9-14(16)11-17-15(18)10-13-7-5-3-4-6-8-13/h12-14H,3-11,16H2,1-2H3,(H,17,18). The number of nitrogens with two attached hydrogens (primary N) is 1. The SMILES string of the molecule is CC(C)CC(N)CNC(=O)CC1CCCCCC1. The number of hydrogen-bond donors (Lipinski definition) is 2. The number of hydrogen-bond acceptors (Lipinski definition) is 2. The summed E-state index contributed by atoms with van der Waals surface area (Å²) in [7, 11) is 0. The number of carbonyl (C=O) groups is 1. The molecule has 0 saturated heterocycles. The molecule has 1 aliphatic rings. The molecule has 3 nitrogen and oxygen atoms in total. The topological polar surface area (TPSA) is 55.1 Å². The Morgan fingerprint density at radius 3 is 2.39 bits per heavy atom. The molecule has 0 aromatic carbocycles. The summed E-state index contributed by atoms with van der Waals surface area (Å²) in [6.07, 6.45) is 9.42. The van der Waals surface area contributed by atoms with Gasteiger partial charge in [-0.2, -0.15) is 0 Å². The van der Waals surface area contributed by atoms with Crippen molar-refractivity contribution in [2.75, 3.05) is 6.54 Å². The van der Waals surface area contributed by atoms with Gasteiger partial charge in [0, 0.05) is 19.0 Å². The van der Waals surface area contributed by atoms with Gasteiger partial charge in [-0.3, -0.25) is 4.79 Å². The van der Waals surface area contributed by atoms with Crippen molar-refractivity contribution >= 4 is 5.91 Å². The van der Waals surface area contributed by atoms with Crippen LogP contribution < -0.4 is 11.1 Å². The van der Waals surface area contributed by atoms with Crippen LogP contribution in [0.4, 0.5) is 0 Å². The molecule has 1 fully saturated rings. The van der Waals surface area contributed by atoms with Crippen molar-refractivity contribution in [1.29, 1.82) is 0 Å². The lowest BCUT2D eigenvalue weighted by Gasteiger charge is -2.17. The summed E-state index contributed by atoms with van der Waals surface area (Å²) < 4.78 is 0. The van der Waals surface area contributed by atoms with Crippen molar-refractivity contribution in [2.24, 2.45) is 17.6 Å². The Morgan fingerprint density at radius 1 is 1.22 bits per heavy atom. The molecule has 0 bridgehead atoms. The van der Waals surface area contributed by atoms with Gasteiger partial charge < -0.3 is 11.1 Å². The van der Waals surface area contributed by atoms with Crippen molar-refractivity contribution in [1.82, 2.24) is 5.32 Å². The quantitative estimate of drug-likeness (QED) is 0.716. The Balaban J connectivity index is 2.16. The average molecular weight is 254 g/mol. The van der Waals surface area contributed by atoms with Gasteiger partial charge in [-0.15, -0.1) is 0 Å². The van der Waals surface area contributed by atoms with Crippen LogP contribution in [0.1, 0.15) is 65.2 Å². The highest BCUT2D eigenvalue weighted by Gasteiger charge is 2.16. The first-order valence-electron chi connectivity index (χ1n) is 7.60. The highest BCUT2D eigenvalue weighted by Crippen LogP contribution is 2.25. The molecule has 1 rings (SSSR count). The molecular weight excluding hydrogens is 224 g/mol. The summed E-state index contributed by atoms with van der Waals surface area (Å²) in [5, 5.41) is 2.99. The molecule has 1 atom stereocenters. The normalized spacial score (nSPS) is 19.6. The molecular formula is C15H30N2O. The Bertz CT molecular complexity index is 233. The van der Waals surface area contributed by atoms with E-state index in [1.807, 2.05) is 0 Å². The first-order valence-corrected chi connectivity index (χ1v) is 7.60. The number of rotatable bonds is 6. The van der Waals surface area contributed by atoms with Gasteiger partial charge in [-0.25, -0.2) is 0 Å². The van der Waals surface area contributed by atoms with Crippen molar-refractivity contribution in [3.63, 3.8) is 0 Å². The fraction of sp³-hybridized carbons (Fsp3) is 0.933. The van der Waals surface area contributed by atoms with E-state index < -0.39 is 0 Å². The molecule has 1 aliphatic carbocycles. The third kappa shape index (κ3) is 7.00. The zero-order valence-electron chi connectivity index (χ0n) is 12.1. The van der Waals surface area contributed by atoms with E-state index in [0.717, 1.165) is 6.42 Å². The van der Waals surface area contributed by atoms with Gasteiger partial charge in [0.05, 0.1) is 0 Å². The van der Waals surface area contributed by atoms with E-state index in [9.17, 15) is 4.79 Å². The second kappa shape index (κ2) is 8.52. The Kier molecular flexibility index (Phi) is 7.33. The highest BCUT2D eigenvalue weighted by atomic mass is 16.1. The summed E-state index contributed by atoms with van der Waals surface area (Å²) in [5.41, 5.74) is 5.97. The summed E-state index contributed by atoms with van der Waals surface area (Å²) >= 11 is 0. The molecule has 0 spiro atoms. The fourth-order valence-electron chi connectivity index (χ4n) is 2.84. The third-order valence-electron chi connectivity index (χ3n) is 3.78. The van der Waals surface area contributed by atoms with Gasteiger partial charge in [0.15, 0.2) is 0 Å². The van der Waals surface area contributed by atoms with E-state index in [2.05, 4.69) is 19.2 Å². The average Bonchev–Trinajstić information content (AvgIpc) is 2.54. The van der Waals surface area contributed by atoms with Crippen LogP contribution in [0.15, 0.2) is 0 Å². The molecule has 0 heterocycles. The van der Waals surface area contributed by atoms with Gasteiger partial charge in [-0.1, -0.05) is 39.5 Å². The number of carbonyl (C=O) groups excluding carboxylic acids is 1. The smallest absolute Gasteiger partial charge is 0.220 e. The molecule has 0 aromatic rings. The lowest BCUT2D eigenvalue weighted by molar-refractivity contribution is -0.122. The fourth-order valence-corrected chi connectivity index (χ4v) is 2.84. The maximum atomic E-state index is 11.8. The molecule has 1 saturated carbocycles. The predicted molar refractivity (Wildman–Crippen MR) is 76.2 cm³/mol. The first kappa shape index (κ1) is 15.5. The molecule has 3 N–H and O–H groups in total. The molecule has 3 heteroatoms. The summed E-state index contributed by atoms with van der Waals surface area (Å²) in [6.45, 7) is 4.95. The van der Waals surface area contributed by atoms with Crippen LogP contribution in [0.3, 0.4) is 0 Å². The maximum Gasteiger partial charge on any atom is 0.220 e. The zero-order chi connectivity index (χ0) is 13.4. The molecule has 0 aliphatic heterocycles. The Hall–Kier alpha value is -0.570. The van der Waals surface area contributed by atoms with E-state index in [0.29, 0.717) is 24.8 Å². The Labute approximate surface area is 112 Å². The van der Waals surface area contributed by atoms with Crippen LogP contribution in [0.2, 0.25) is 0 Å². The minimum atomic E-state index is 0.100. The van der Waals surface area contributed by atoms with Gasteiger partial charge in [0.1, 0.15) is 0 Å². The highest BCUT2D eigenvalue weighted by molar-refractivity contribution is 5.76. The van der Waals surface area contributed by atoms with Crippen LogP contribution in [0.25, 0.3) is 0 Å². The maximum absolute atomic E-state index is 11.8. The molecule has 106 valence electrons. The molecule has 0 aromatic heterocycles. The molecule has 1 unspecified atom stereocenters. The van der Waals surface area contributed by atoms with Crippen LogP contribution >= 0.6 is 0 Å². The third-order valence-corrected chi connectivity index (χ3v) is 3.78. The summed E-state index contributed by atoms with van der Waals surface area (Å²) in [5.74, 6) is 1.40. The molecule has 18 heavy (non-hydrogen) atoms. The number of nitrogens with one attached hydrogen (secondary N) is 1. The van der Waals surface area contributed by atoms with Crippen LogP contribution in [-0.2, 0) is 4.79 Å². The van der Waals surface area contributed by atoms with E-state index in [4.69, 9.17) is 5.73 Å². The minimum Gasteiger partial charge on any atom is -0.355 e. The second-order valence-electron chi connectivity index (χ2n) is 6.26. The van der Waals surface area contributed by atoms with Crippen LogP contribution in [-0.4, -0.2) is 18.5 Å². The van der Waals surface area contributed by atoms with Crippen molar-refractivity contribution in [3.8, 4) is 0 Å². The summed E-state index contributed by atoms with van der Waals surface area (Å²) in [6, 6.07) is 0.100. The van der Waals surface area contributed by atoms with Gasteiger partial charge in [-0.05, 0) is 31.1 Å². The van der Waals surface area contributed by atoms with Crippen molar-refractivity contribution in [3.05, 3.63) is 0 Å². The lowest BCUT2D eigenvalue weighted by Crippen LogP contribution is -2.38. The second-order valence-corrected chi connectivity index (χ2v) is 6.26. The van der Waals surface area contributed by atoms with Gasteiger partial charge >= 0.3 is 0 Å². The van der Waals surface area contributed by atoms with E-state index in [-0.39, 0.29) is 11.9 Å². The van der Waals surface area contributed by atoms with Gasteiger partial charge in [0.25, 0.3) is 0 Å². The van der Waals surface area contributed by atoms with Crippen molar-refractivity contribution in [2.45, 2.75) is 71.3 Å². The Morgan fingerprint density at radius 2 is 1.83 bits per heavy atom. The minimum absolute atomic E-state index is 0.100. The zero-order valence-corrected chi connectivity index (χ0v) is 12.1. The largest absolute Gasteiger partial charge is 0.355 e. The monoisotopic (exact) mass is 254 g/mol. The van der Waals surface area contributed by atoms with Crippen LogP contribution in [0, 0.1) is 11.8 Å². The van der Waals surface area contributed by atoms with E-state index >= 15 is 0 Å². The summed E-state index contributed by atoms with van der Waals surface area (Å²) in [4.78, 5) is 11.8. The van der Waals surface area contributed by atoms with E-state index in [1.54, 1.807) is 0 Å². The lowest BCUT2D eigenvalue weighted by atomic mass is 9.96. The number of amides is 1. The molecule has 1 amide bonds. The van der Waals surface area contributed by atoms with Crippen LogP contribution in [0.5, 0.6) is 0 Å².